The summed E-state index contributed by atoms with van der Waals surface area (Å²) in [6.45, 7) is 5.65. The van der Waals surface area contributed by atoms with E-state index >= 15 is 0 Å². The Bertz CT molecular complexity index is 947. The fourth-order valence-corrected chi connectivity index (χ4v) is 3.64. The molecule has 0 fully saturated rings. The molecule has 26 heavy (non-hydrogen) atoms. The number of anilines is 1. The van der Waals surface area contributed by atoms with E-state index < -0.39 is 0 Å². The minimum atomic E-state index is 0.0456. The molecule has 0 bridgehead atoms. The van der Waals surface area contributed by atoms with Gasteiger partial charge in [0.05, 0.1) is 10.6 Å². The minimum absolute atomic E-state index is 0.0456. The Kier molecular flexibility index (Phi) is 4.99. The number of ketones is 1. The van der Waals surface area contributed by atoms with Gasteiger partial charge in [-0.15, -0.1) is 0 Å². The van der Waals surface area contributed by atoms with Gasteiger partial charge in [0.15, 0.2) is 5.78 Å². The van der Waals surface area contributed by atoms with Gasteiger partial charge >= 0.3 is 0 Å². The zero-order valence-electron chi connectivity index (χ0n) is 14.8. The third-order valence-electron chi connectivity index (χ3n) is 4.23. The molecular formula is C19H19N5OS. The van der Waals surface area contributed by atoms with Gasteiger partial charge in [-0.1, -0.05) is 36.0 Å². The summed E-state index contributed by atoms with van der Waals surface area (Å²) in [5, 5.41) is 19.8. The maximum atomic E-state index is 11.4. The van der Waals surface area contributed by atoms with Crippen LogP contribution in [0.5, 0.6) is 0 Å². The molecule has 0 amide bonds. The van der Waals surface area contributed by atoms with E-state index in [1.165, 1.54) is 18.1 Å². The first-order valence-electron chi connectivity index (χ1n) is 8.10. The number of allylic oxidation sites excluding steroid dienone is 1. The molecule has 0 saturated carbocycles. The molecule has 3 N–H and O–H groups in total. The lowest BCUT2D eigenvalue weighted by Crippen LogP contribution is -2.05. The molecule has 0 saturated heterocycles. The predicted octanol–water partition coefficient (Wildman–Crippen LogP) is 4.19. The smallest absolute Gasteiger partial charge is 0.159 e. The minimum Gasteiger partial charge on any atom is -0.365 e. The van der Waals surface area contributed by atoms with Crippen molar-refractivity contribution in [2.45, 2.75) is 32.2 Å². The van der Waals surface area contributed by atoms with Crippen LogP contribution in [0.25, 0.3) is 5.57 Å². The summed E-state index contributed by atoms with van der Waals surface area (Å²) in [5.74, 6) is 0.718. The molecule has 1 aromatic carbocycles. The van der Waals surface area contributed by atoms with Crippen molar-refractivity contribution >= 4 is 39.7 Å². The Labute approximate surface area is 156 Å². The molecule has 2 aromatic rings. The van der Waals surface area contributed by atoms with Crippen molar-refractivity contribution in [3.8, 4) is 0 Å². The Morgan fingerprint density at radius 1 is 1.15 bits per heavy atom. The molecule has 1 aromatic heterocycles. The molecular weight excluding hydrogens is 346 g/mol. The van der Waals surface area contributed by atoms with Crippen LogP contribution in [0.4, 0.5) is 5.82 Å². The Hall–Kier alpha value is -2.80. The van der Waals surface area contributed by atoms with Crippen LogP contribution in [0.1, 0.15) is 42.4 Å². The summed E-state index contributed by atoms with van der Waals surface area (Å²) >= 11 is 1.31. The highest BCUT2D eigenvalue weighted by molar-refractivity contribution is 8.15. The van der Waals surface area contributed by atoms with Crippen molar-refractivity contribution in [2.24, 2.45) is 0 Å². The Morgan fingerprint density at radius 2 is 1.85 bits per heavy atom. The lowest BCUT2D eigenvalue weighted by molar-refractivity contribution is 0.101. The average Bonchev–Trinajstić information content (AvgIpc) is 2.95. The van der Waals surface area contributed by atoms with Crippen LogP contribution >= 0.6 is 11.8 Å². The van der Waals surface area contributed by atoms with E-state index in [0.29, 0.717) is 39.9 Å². The predicted molar refractivity (Wildman–Crippen MR) is 105 cm³/mol. The highest BCUT2D eigenvalue weighted by Gasteiger charge is 2.29. The molecule has 1 aliphatic heterocycles. The molecule has 0 spiro atoms. The summed E-state index contributed by atoms with van der Waals surface area (Å²) in [7, 11) is 0. The third kappa shape index (κ3) is 3.43. The average molecular weight is 365 g/mol. The largest absolute Gasteiger partial charge is 0.365 e. The first-order valence-corrected chi connectivity index (χ1v) is 8.92. The standard InChI is InChI=1S/C19H19N5OS/c1-10(11(2)20)15-16-17(26-18(15)21)19(24-9-23-16)22-8-13-4-6-14(7-5-13)12(3)25/h4-7,9,20-21H,8H2,1-3H3,(H,22,23,24)/b15-10-,20-11?,21-18?. The van der Waals surface area contributed by atoms with Gasteiger partial charge in [-0.3, -0.25) is 10.2 Å². The Morgan fingerprint density at radius 3 is 2.46 bits per heavy atom. The number of nitrogens with zero attached hydrogens (tertiary/aromatic N) is 2. The molecule has 1 aliphatic rings. The third-order valence-corrected chi connectivity index (χ3v) is 5.23. The van der Waals surface area contributed by atoms with Crippen molar-refractivity contribution in [3.05, 3.63) is 53.0 Å². The van der Waals surface area contributed by atoms with Crippen molar-refractivity contribution in [1.82, 2.24) is 9.97 Å². The highest BCUT2D eigenvalue weighted by atomic mass is 32.2. The monoisotopic (exact) mass is 365 g/mol. The van der Waals surface area contributed by atoms with Gasteiger partial charge in [-0.25, -0.2) is 9.97 Å². The van der Waals surface area contributed by atoms with Crippen LogP contribution in [-0.4, -0.2) is 26.5 Å². The first-order chi connectivity index (χ1) is 12.4. The number of Topliss-reactive ketones (excluding diaryl/α,β-unsaturated/α-hetero) is 1. The molecule has 6 nitrogen and oxygen atoms in total. The summed E-state index contributed by atoms with van der Waals surface area (Å²) < 4.78 is 0. The zero-order valence-corrected chi connectivity index (χ0v) is 15.6. The van der Waals surface area contributed by atoms with Gasteiger partial charge < -0.3 is 10.7 Å². The van der Waals surface area contributed by atoms with Crippen molar-refractivity contribution in [1.29, 1.82) is 10.8 Å². The zero-order chi connectivity index (χ0) is 18.8. The maximum absolute atomic E-state index is 11.4. The van der Waals surface area contributed by atoms with Crippen molar-refractivity contribution < 1.29 is 4.79 Å². The number of carbonyl (C=O) groups excluding carboxylic acids is 1. The number of carbonyl (C=O) groups is 1. The fraction of sp³-hybridized carbons (Fsp3) is 0.211. The van der Waals surface area contributed by atoms with E-state index in [9.17, 15) is 4.79 Å². The molecule has 7 heteroatoms. The second-order valence-corrected chi connectivity index (χ2v) is 7.08. The Balaban J connectivity index is 1.86. The summed E-state index contributed by atoms with van der Waals surface area (Å²) in [6, 6.07) is 7.44. The first kappa shape index (κ1) is 18.0. The lowest BCUT2D eigenvalue weighted by atomic mass is 10.0. The van der Waals surface area contributed by atoms with Crippen LogP contribution in [-0.2, 0) is 6.54 Å². The van der Waals surface area contributed by atoms with Gasteiger partial charge in [-0.05, 0) is 31.9 Å². The number of thioether (sulfide) groups is 1. The van der Waals surface area contributed by atoms with E-state index in [4.69, 9.17) is 10.8 Å². The van der Waals surface area contributed by atoms with Crippen LogP contribution in [0, 0.1) is 10.8 Å². The topological polar surface area (TPSA) is 103 Å². The number of nitrogens with one attached hydrogen (secondary N) is 3. The highest BCUT2D eigenvalue weighted by Crippen LogP contribution is 2.44. The van der Waals surface area contributed by atoms with Crippen molar-refractivity contribution in [2.75, 3.05) is 5.32 Å². The van der Waals surface area contributed by atoms with E-state index in [-0.39, 0.29) is 5.78 Å². The van der Waals surface area contributed by atoms with Gasteiger partial charge in [0.2, 0.25) is 0 Å². The number of fused-ring (bicyclic) bond motifs is 1. The number of hydrogen-bond donors (Lipinski definition) is 3. The molecule has 0 atom stereocenters. The molecule has 2 heterocycles. The van der Waals surface area contributed by atoms with E-state index in [2.05, 4.69) is 15.3 Å². The van der Waals surface area contributed by atoms with Crippen LogP contribution < -0.4 is 5.32 Å². The van der Waals surface area contributed by atoms with Gasteiger partial charge in [0, 0.05) is 23.4 Å². The quantitative estimate of drug-likeness (QED) is 0.545. The van der Waals surface area contributed by atoms with Gasteiger partial charge in [0.1, 0.15) is 17.2 Å². The number of benzene rings is 1. The number of aromatic nitrogens is 2. The molecule has 132 valence electrons. The van der Waals surface area contributed by atoms with Crippen LogP contribution in [0.3, 0.4) is 0 Å². The molecule has 0 aliphatic carbocycles. The normalized spacial score (nSPS) is 14.8. The molecule has 0 unspecified atom stereocenters. The van der Waals surface area contributed by atoms with Crippen LogP contribution in [0.15, 0.2) is 41.1 Å². The summed E-state index contributed by atoms with van der Waals surface area (Å²) in [4.78, 5) is 20.8. The van der Waals surface area contributed by atoms with E-state index in [1.807, 2.05) is 31.2 Å². The van der Waals surface area contributed by atoms with E-state index in [1.54, 1.807) is 13.8 Å². The summed E-state index contributed by atoms with van der Waals surface area (Å²) in [6.07, 6.45) is 1.48. The number of rotatable bonds is 5. The summed E-state index contributed by atoms with van der Waals surface area (Å²) in [5.41, 5.74) is 4.31. The second kappa shape index (κ2) is 7.21. The van der Waals surface area contributed by atoms with Gasteiger partial charge in [0.25, 0.3) is 0 Å². The SMILES string of the molecule is CC(=N)/C(C)=C1\C(=N)Sc2c(NCc3ccc(C(C)=O)cc3)ncnc21. The maximum Gasteiger partial charge on any atom is 0.159 e. The fourth-order valence-electron chi connectivity index (χ4n) is 2.61. The van der Waals surface area contributed by atoms with Gasteiger partial charge in [-0.2, -0.15) is 0 Å². The molecule has 0 radical (unpaired) electrons. The number of hydrogen-bond acceptors (Lipinski definition) is 7. The molecule has 3 rings (SSSR count). The second-order valence-electron chi connectivity index (χ2n) is 6.06. The van der Waals surface area contributed by atoms with Crippen LogP contribution in [0.2, 0.25) is 0 Å². The van der Waals surface area contributed by atoms with E-state index in [0.717, 1.165) is 16.0 Å². The van der Waals surface area contributed by atoms with Crippen molar-refractivity contribution in [3.63, 3.8) is 0 Å². The lowest BCUT2D eigenvalue weighted by Gasteiger charge is -2.09.